The fourth-order valence-electron chi connectivity index (χ4n) is 3.85. The van der Waals surface area contributed by atoms with Gasteiger partial charge in [-0.15, -0.1) is 0 Å². The normalized spacial score (nSPS) is 11.9. The number of pyridine rings is 1. The zero-order valence-corrected chi connectivity index (χ0v) is 17.2. The summed E-state index contributed by atoms with van der Waals surface area (Å²) in [5, 5.41) is 4.22. The zero-order chi connectivity index (χ0) is 20.9. The van der Waals surface area contributed by atoms with Crippen molar-refractivity contribution in [2.24, 2.45) is 7.05 Å². The largest absolute Gasteiger partial charge is 0.497 e. The van der Waals surface area contributed by atoms with E-state index in [1.807, 2.05) is 55.6 Å². The minimum Gasteiger partial charge on any atom is -0.497 e. The summed E-state index contributed by atoms with van der Waals surface area (Å²) in [5.74, 6) is 0.762. The maximum Gasteiger partial charge on any atom is 0.221 e. The van der Waals surface area contributed by atoms with Crippen LogP contribution in [0.25, 0.3) is 10.9 Å². The van der Waals surface area contributed by atoms with Crippen LogP contribution in [0, 0.1) is 0 Å². The van der Waals surface area contributed by atoms with Gasteiger partial charge >= 0.3 is 0 Å². The van der Waals surface area contributed by atoms with E-state index < -0.39 is 0 Å². The summed E-state index contributed by atoms with van der Waals surface area (Å²) in [6.07, 6.45) is 5.97. The van der Waals surface area contributed by atoms with Gasteiger partial charge < -0.3 is 14.6 Å². The van der Waals surface area contributed by atoms with E-state index in [4.69, 9.17) is 4.74 Å². The quantitative estimate of drug-likeness (QED) is 0.500. The van der Waals surface area contributed by atoms with E-state index in [0.29, 0.717) is 13.0 Å². The molecular weight excluding hydrogens is 374 g/mol. The third-order valence-electron chi connectivity index (χ3n) is 5.45. The van der Waals surface area contributed by atoms with Crippen LogP contribution in [0.15, 0.2) is 79.3 Å². The number of carbonyl (C=O) groups is 1. The predicted molar refractivity (Wildman–Crippen MR) is 118 cm³/mol. The summed E-state index contributed by atoms with van der Waals surface area (Å²) < 4.78 is 7.43. The number of rotatable bonds is 7. The number of nitrogens with zero attached hydrogens (tertiary/aromatic N) is 2. The average molecular weight is 399 g/mol. The van der Waals surface area contributed by atoms with Crippen molar-refractivity contribution in [2.75, 3.05) is 7.11 Å². The number of carbonyl (C=O) groups excluding carboxylic acids is 1. The summed E-state index contributed by atoms with van der Waals surface area (Å²) in [7, 11) is 3.70. The third-order valence-corrected chi connectivity index (χ3v) is 5.45. The number of para-hydroxylation sites is 1. The fourth-order valence-corrected chi connectivity index (χ4v) is 3.85. The molecule has 0 radical (unpaired) electrons. The highest BCUT2D eigenvalue weighted by Gasteiger charge is 2.22. The van der Waals surface area contributed by atoms with Crippen molar-refractivity contribution in [1.29, 1.82) is 0 Å². The lowest BCUT2D eigenvalue weighted by molar-refractivity contribution is -0.121. The first-order valence-electron chi connectivity index (χ1n) is 9.99. The predicted octanol–water partition coefficient (Wildman–Crippen LogP) is 4.42. The van der Waals surface area contributed by atoms with Gasteiger partial charge in [0.15, 0.2) is 0 Å². The Morgan fingerprint density at radius 3 is 2.53 bits per heavy atom. The summed E-state index contributed by atoms with van der Waals surface area (Å²) in [6, 6.07) is 20.1. The van der Waals surface area contributed by atoms with Crippen LogP contribution in [-0.2, 0) is 18.4 Å². The molecular formula is C25H25N3O2. The van der Waals surface area contributed by atoms with Crippen LogP contribution in [0.1, 0.15) is 29.0 Å². The number of methoxy groups -OCH3 is 1. The molecule has 0 spiro atoms. The molecule has 5 nitrogen and oxygen atoms in total. The van der Waals surface area contributed by atoms with Gasteiger partial charge in [-0.05, 0) is 47.0 Å². The molecule has 0 aliphatic heterocycles. The molecule has 2 aromatic heterocycles. The molecule has 2 heterocycles. The Balaban J connectivity index is 1.64. The molecule has 1 unspecified atom stereocenters. The molecule has 152 valence electrons. The molecule has 5 heteroatoms. The second kappa shape index (κ2) is 8.82. The second-order valence-electron chi connectivity index (χ2n) is 7.37. The molecule has 0 aliphatic carbocycles. The van der Waals surface area contributed by atoms with Crippen LogP contribution in [0.5, 0.6) is 5.75 Å². The van der Waals surface area contributed by atoms with Gasteiger partial charge in [-0.2, -0.15) is 0 Å². The van der Waals surface area contributed by atoms with Gasteiger partial charge in [-0.3, -0.25) is 9.78 Å². The number of hydrogen-bond donors (Lipinski definition) is 1. The van der Waals surface area contributed by atoms with E-state index in [2.05, 4.69) is 33.2 Å². The van der Waals surface area contributed by atoms with Crippen LogP contribution in [0.4, 0.5) is 0 Å². The van der Waals surface area contributed by atoms with Crippen molar-refractivity contribution in [3.8, 4) is 5.75 Å². The lowest BCUT2D eigenvalue weighted by Crippen LogP contribution is -2.25. The highest BCUT2D eigenvalue weighted by Crippen LogP contribution is 2.35. The molecule has 4 rings (SSSR count). The van der Waals surface area contributed by atoms with Gasteiger partial charge in [0, 0.05) is 55.4 Å². The highest BCUT2D eigenvalue weighted by molar-refractivity contribution is 5.86. The van der Waals surface area contributed by atoms with Gasteiger partial charge in [0.25, 0.3) is 0 Å². The van der Waals surface area contributed by atoms with Crippen LogP contribution in [0.2, 0.25) is 0 Å². The number of fused-ring (bicyclic) bond motifs is 1. The average Bonchev–Trinajstić information content (AvgIpc) is 3.13. The first kappa shape index (κ1) is 19.7. The summed E-state index contributed by atoms with van der Waals surface area (Å²) in [6.45, 7) is 0.492. The molecule has 1 N–H and O–H groups in total. The number of aryl methyl sites for hydroxylation is 1. The van der Waals surface area contributed by atoms with Gasteiger partial charge in [0.1, 0.15) is 5.75 Å². The number of benzene rings is 2. The molecule has 0 bridgehead atoms. The number of amides is 1. The number of ether oxygens (including phenoxy) is 1. The number of nitrogens with one attached hydrogen (secondary N) is 1. The molecule has 4 aromatic rings. The van der Waals surface area contributed by atoms with Crippen LogP contribution >= 0.6 is 0 Å². The Kier molecular flexibility index (Phi) is 5.80. The second-order valence-corrected chi connectivity index (χ2v) is 7.37. The highest BCUT2D eigenvalue weighted by atomic mass is 16.5. The third kappa shape index (κ3) is 4.20. The smallest absolute Gasteiger partial charge is 0.221 e. The molecule has 0 saturated carbocycles. The number of aromatic nitrogens is 2. The Hall–Kier alpha value is -3.60. The lowest BCUT2D eigenvalue weighted by atomic mass is 9.88. The number of hydrogen-bond acceptors (Lipinski definition) is 3. The van der Waals surface area contributed by atoms with Crippen molar-refractivity contribution < 1.29 is 9.53 Å². The van der Waals surface area contributed by atoms with Crippen molar-refractivity contribution in [2.45, 2.75) is 18.9 Å². The first-order valence-corrected chi connectivity index (χ1v) is 9.99. The van der Waals surface area contributed by atoms with E-state index in [-0.39, 0.29) is 11.8 Å². The molecule has 1 amide bonds. The van der Waals surface area contributed by atoms with Crippen molar-refractivity contribution in [3.63, 3.8) is 0 Å². The van der Waals surface area contributed by atoms with Crippen LogP contribution in [0.3, 0.4) is 0 Å². The Morgan fingerprint density at radius 1 is 1.07 bits per heavy atom. The zero-order valence-electron chi connectivity index (χ0n) is 17.2. The van der Waals surface area contributed by atoms with Gasteiger partial charge in [0.05, 0.1) is 7.11 Å². The van der Waals surface area contributed by atoms with E-state index in [9.17, 15) is 4.79 Å². The van der Waals surface area contributed by atoms with Crippen LogP contribution in [-0.4, -0.2) is 22.6 Å². The van der Waals surface area contributed by atoms with E-state index >= 15 is 0 Å². The first-order chi connectivity index (χ1) is 14.7. The standard InChI is InChI=1S/C25H25N3O2/c1-28-17-23(21-5-3-4-6-24(21)28)22(19-7-9-20(30-2)10-8-19)15-25(29)27-16-18-11-13-26-14-12-18/h3-14,17,22H,15-16H2,1-2H3,(H,27,29). The van der Waals surface area contributed by atoms with E-state index in [1.165, 1.54) is 5.39 Å². The molecule has 30 heavy (non-hydrogen) atoms. The van der Waals surface area contributed by atoms with Gasteiger partial charge in [0.2, 0.25) is 5.91 Å². The van der Waals surface area contributed by atoms with E-state index in [0.717, 1.165) is 28.0 Å². The van der Waals surface area contributed by atoms with E-state index in [1.54, 1.807) is 19.5 Å². The van der Waals surface area contributed by atoms with Gasteiger partial charge in [-0.1, -0.05) is 30.3 Å². The van der Waals surface area contributed by atoms with Crippen LogP contribution < -0.4 is 10.1 Å². The summed E-state index contributed by atoms with van der Waals surface area (Å²) in [4.78, 5) is 16.9. The SMILES string of the molecule is COc1ccc(C(CC(=O)NCc2ccncc2)c2cn(C)c3ccccc23)cc1. The molecule has 1 atom stereocenters. The Morgan fingerprint density at radius 2 is 1.80 bits per heavy atom. The summed E-state index contributed by atoms with van der Waals surface area (Å²) >= 11 is 0. The molecule has 0 saturated heterocycles. The van der Waals surface area contributed by atoms with Gasteiger partial charge in [-0.25, -0.2) is 0 Å². The minimum absolute atomic E-state index is 0.0144. The Labute approximate surface area is 176 Å². The fraction of sp³-hybridized carbons (Fsp3) is 0.200. The lowest BCUT2D eigenvalue weighted by Gasteiger charge is -2.18. The maximum atomic E-state index is 12.9. The topological polar surface area (TPSA) is 56.1 Å². The molecule has 0 aliphatic rings. The molecule has 0 fully saturated rings. The minimum atomic E-state index is -0.0561. The maximum absolute atomic E-state index is 12.9. The molecule has 2 aromatic carbocycles. The van der Waals surface area contributed by atoms with Crippen molar-refractivity contribution >= 4 is 16.8 Å². The Bertz CT molecular complexity index is 1130. The van der Waals surface area contributed by atoms with Crippen molar-refractivity contribution in [1.82, 2.24) is 14.9 Å². The summed E-state index contributed by atoms with van der Waals surface area (Å²) in [5.41, 5.74) is 4.43. The van der Waals surface area contributed by atoms with Crippen molar-refractivity contribution in [3.05, 3.63) is 95.9 Å². The monoisotopic (exact) mass is 399 g/mol.